The number of carbonyl (C=O) groups excluding carboxylic acids is 1. The van der Waals surface area contributed by atoms with E-state index in [0.29, 0.717) is 25.1 Å². The van der Waals surface area contributed by atoms with Crippen molar-refractivity contribution in [3.8, 4) is 0 Å². The zero-order valence-corrected chi connectivity index (χ0v) is 15.5. The maximum absolute atomic E-state index is 13.7. The number of nitrogens with zero attached hydrogens (tertiary/aromatic N) is 4. The van der Waals surface area contributed by atoms with E-state index in [1.807, 2.05) is 0 Å². The smallest absolute Gasteiger partial charge is 0.254 e. The van der Waals surface area contributed by atoms with E-state index in [9.17, 15) is 17.6 Å². The summed E-state index contributed by atoms with van der Waals surface area (Å²) < 4.78 is 41.9. The second-order valence-corrected chi connectivity index (χ2v) is 8.30. The molecule has 0 atom stereocenters. The van der Waals surface area contributed by atoms with Gasteiger partial charge in [0, 0.05) is 45.0 Å². The van der Waals surface area contributed by atoms with Gasteiger partial charge in [0.2, 0.25) is 10.0 Å². The molecule has 0 unspecified atom stereocenters. The van der Waals surface area contributed by atoms with E-state index in [1.54, 1.807) is 31.0 Å². The quantitative estimate of drug-likeness (QED) is 0.807. The van der Waals surface area contributed by atoms with Crippen LogP contribution in [0, 0.1) is 12.7 Å². The second-order valence-electron chi connectivity index (χ2n) is 6.36. The van der Waals surface area contributed by atoms with Crippen LogP contribution in [0.3, 0.4) is 0 Å². The summed E-state index contributed by atoms with van der Waals surface area (Å²) in [6, 6.07) is 4.39. The molecule has 140 valence electrons. The van der Waals surface area contributed by atoms with Gasteiger partial charge in [-0.15, -0.1) is 0 Å². The maximum Gasteiger partial charge on any atom is 0.254 e. The SMILES string of the molecule is Cc1ccc(C(=O)N2CCCN(S(=O)(=O)c3cnn(C)c3)CC2)cc1F. The van der Waals surface area contributed by atoms with Gasteiger partial charge in [-0.2, -0.15) is 9.40 Å². The van der Waals surface area contributed by atoms with Crippen LogP contribution in [0.15, 0.2) is 35.5 Å². The molecule has 3 rings (SSSR count). The molecule has 1 aromatic carbocycles. The number of aryl methyl sites for hydroxylation is 2. The minimum atomic E-state index is -3.64. The molecule has 26 heavy (non-hydrogen) atoms. The lowest BCUT2D eigenvalue weighted by Gasteiger charge is -2.21. The van der Waals surface area contributed by atoms with Gasteiger partial charge in [0.1, 0.15) is 10.7 Å². The lowest BCUT2D eigenvalue weighted by Crippen LogP contribution is -2.37. The Morgan fingerprint density at radius 3 is 2.62 bits per heavy atom. The van der Waals surface area contributed by atoms with Gasteiger partial charge in [-0.05, 0) is 31.0 Å². The monoisotopic (exact) mass is 380 g/mol. The molecule has 2 aromatic rings. The Labute approximate surface area is 152 Å². The number of benzene rings is 1. The van der Waals surface area contributed by atoms with Gasteiger partial charge in [-0.1, -0.05) is 6.07 Å². The summed E-state index contributed by atoms with van der Waals surface area (Å²) in [6.45, 7) is 2.83. The van der Waals surface area contributed by atoms with Crippen molar-refractivity contribution in [1.29, 1.82) is 0 Å². The fourth-order valence-electron chi connectivity index (χ4n) is 2.93. The average molecular weight is 380 g/mol. The topological polar surface area (TPSA) is 75.5 Å². The molecule has 1 saturated heterocycles. The van der Waals surface area contributed by atoms with Crippen molar-refractivity contribution < 1.29 is 17.6 Å². The van der Waals surface area contributed by atoms with Crippen LogP contribution in [-0.4, -0.2) is 59.5 Å². The van der Waals surface area contributed by atoms with Crippen LogP contribution in [0.4, 0.5) is 4.39 Å². The number of hydrogen-bond acceptors (Lipinski definition) is 4. The predicted octanol–water partition coefficient (Wildman–Crippen LogP) is 1.40. The first-order valence-corrected chi connectivity index (χ1v) is 9.77. The molecule has 1 aliphatic rings. The molecule has 0 saturated carbocycles. The molecule has 2 heterocycles. The lowest BCUT2D eigenvalue weighted by molar-refractivity contribution is 0.0763. The van der Waals surface area contributed by atoms with Crippen molar-refractivity contribution in [2.75, 3.05) is 26.2 Å². The Balaban J connectivity index is 1.73. The first-order chi connectivity index (χ1) is 12.3. The number of amides is 1. The van der Waals surface area contributed by atoms with Gasteiger partial charge >= 0.3 is 0 Å². The molecular weight excluding hydrogens is 359 g/mol. The fraction of sp³-hybridized carbons (Fsp3) is 0.412. The van der Waals surface area contributed by atoms with Crippen LogP contribution in [-0.2, 0) is 17.1 Å². The predicted molar refractivity (Wildman–Crippen MR) is 93.6 cm³/mol. The van der Waals surface area contributed by atoms with Gasteiger partial charge in [0.15, 0.2) is 0 Å². The van der Waals surface area contributed by atoms with Crippen molar-refractivity contribution in [2.45, 2.75) is 18.2 Å². The molecule has 0 radical (unpaired) electrons. The lowest BCUT2D eigenvalue weighted by atomic mass is 10.1. The van der Waals surface area contributed by atoms with Crippen LogP contribution < -0.4 is 0 Å². The Morgan fingerprint density at radius 1 is 1.19 bits per heavy atom. The first kappa shape index (κ1) is 18.5. The van der Waals surface area contributed by atoms with Crippen molar-refractivity contribution in [2.24, 2.45) is 7.05 Å². The third kappa shape index (κ3) is 3.63. The number of aromatic nitrogens is 2. The molecule has 1 aliphatic heterocycles. The average Bonchev–Trinajstić information content (AvgIpc) is 2.90. The summed E-state index contributed by atoms with van der Waals surface area (Å²) in [6.07, 6.45) is 3.29. The summed E-state index contributed by atoms with van der Waals surface area (Å²) in [5, 5.41) is 3.91. The number of hydrogen-bond donors (Lipinski definition) is 0. The molecule has 1 fully saturated rings. The molecule has 1 aromatic heterocycles. The number of carbonyl (C=O) groups is 1. The van der Waals surface area contributed by atoms with Crippen LogP contribution >= 0.6 is 0 Å². The van der Waals surface area contributed by atoms with E-state index in [4.69, 9.17) is 0 Å². The molecule has 0 aliphatic carbocycles. The van der Waals surface area contributed by atoms with Gasteiger partial charge in [0.25, 0.3) is 5.91 Å². The standard InChI is InChI=1S/C17H21FN4O3S/c1-13-4-5-14(10-16(13)18)17(23)21-6-3-7-22(9-8-21)26(24,25)15-11-19-20(2)12-15/h4-5,10-12H,3,6-9H2,1-2H3. The van der Waals surface area contributed by atoms with Crippen LogP contribution in [0.5, 0.6) is 0 Å². The fourth-order valence-corrected chi connectivity index (χ4v) is 4.38. The largest absolute Gasteiger partial charge is 0.337 e. The Morgan fingerprint density at radius 2 is 1.96 bits per heavy atom. The molecule has 7 nitrogen and oxygen atoms in total. The van der Waals surface area contributed by atoms with Gasteiger partial charge in [0.05, 0.1) is 6.20 Å². The summed E-state index contributed by atoms with van der Waals surface area (Å²) in [4.78, 5) is 14.3. The molecule has 9 heteroatoms. The van der Waals surface area contributed by atoms with E-state index in [-0.39, 0.29) is 29.5 Å². The highest BCUT2D eigenvalue weighted by Crippen LogP contribution is 2.18. The summed E-state index contributed by atoms with van der Waals surface area (Å²) in [5.41, 5.74) is 0.753. The molecule has 0 N–H and O–H groups in total. The maximum atomic E-state index is 13.7. The van der Waals surface area contributed by atoms with Gasteiger partial charge in [-0.25, -0.2) is 12.8 Å². The van der Waals surface area contributed by atoms with E-state index < -0.39 is 15.8 Å². The molecular formula is C17H21FN4O3S. The highest BCUT2D eigenvalue weighted by Gasteiger charge is 2.29. The number of sulfonamides is 1. The van der Waals surface area contributed by atoms with E-state index in [2.05, 4.69) is 5.10 Å². The van der Waals surface area contributed by atoms with E-state index in [1.165, 1.54) is 27.4 Å². The van der Waals surface area contributed by atoms with Crippen molar-refractivity contribution in [3.63, 3.8) is 0 Å². The second kappa shape index (κ2) is 7.16. The van der Waals surface area contributed by atoms with Crippen LogP contribution in [0.25, 0.3) is 0 Å². The minimum absolute atomic E-state index is 0.139. The molecule has 0 spiro atoms. The van der Waals surface area contributed by atoms with Crippen LogP contribution in [0.1, 0.15) is 22.3 Å². The minimum Gasteiger partial charge on any atom is -0.337 e. The Kier molecular flexibility index (Phi) is 5.10. The number of halogens is 1. The van der Waals surface area contributed by atoms with E-state index >= 15 is 0 Å². The first-order valence-electron chi connectivity index (χ1n) is 8.33. The molecule has 1 amide bonds. The van der Waals surface area contributed by atoms with Crippen LogP contribution in [0.2, 0.25) is 0 Å². The normalized spacial score (nSPS) is 16.5. The zero-order valence-electron chi connectivity index (χ0n) is 14.7. The zero-order chi connectivity index (χ0) is 18.9. The van der Waals surface area contributed by atoms with E-state index in [0.717, 1.165) is 0 Å². The van der Waals surface area contributed by atoms with Crippen molar-refractivity contribution >= 4 is 15.9 Å². The highest BCUT2D eigenvalue weighted by atomic mass is 32.2. The van der Waals surface area contributed by atoms with Crippen molar-refractivity contribution in [3.05, 3.63) is 47.5 Å². The van der Waals surface area contributed by atoms with Gasteiger partial charge in [-0.3, -0.25) is 9.48 Å². The third-order valence-electron chi connectivity index (χ3n) is 4.48. The molecule has 0 bridgehead atoms. The van der Waals surface area contributed by atoms with Crippen molar-refractivity contribution in [1.82, 2.24) is 19.0 Å². The summed E-state index contributed by atoms with van der Waals surface area (Å²) in [7, 11) is -1.98. The third-order valence-corrected chi connectivity index (χ3v) is 6.33. The Hall–Kier alpha value is -2.26. The summed E-state index contributed by atoms with van der Waals surface area (Å²) >= 11 is 0. The summed E-state index contributed by atoms with van der Waals surface area (Å²) in [5.74, 6) is -0.712. The Bertz CT molecular complexity index is 926. The highest BCUT2D eigenvalue weighted by molar-refractivity contribution is 7.89. The van der Waals surface area contributed by atoms with Gasteiger partial charge < -0.3 is 4.90 Å². The number of rotatable bonds is 3.